The fraction of sp³-hybridized carbons (Fsp3) is 0.407. The van der Waals surface area contributed by atoms with Crippen LogP contribution < -0.4 is 4.74 Å². The largest absolute Gasteiger partial charge is 0.493 e. The van der Waals surface area contributed by atoms with Gasteiger partial charge in [-0.3, -0.25) is 4.90 Å². The molecule has 0 aliphatic carbocycles. The van der Waals surface area contributed by atoms with Crippen LogP contribution in [0.2, 0.25) is 5.02 Å². The van der Waals surface area contributed by atoms with Crippen LogP contribution in [0.15, 0.2) is 41.8 Å². The molecule has 184 valence electrons. The Kier molecular flexibility index (Phi) is 7.39. The summed E-state index contributed by atoms with van der Waals surface area (Å²) in [6.07, 6.45) is 0.674. The van der Waals surface area contributed by atoms with Crippen molar-refractivity contribution < 1.29 is 4.74 Å². The average Bonchev–Trinajstić information content (AvgIpc) is 3.47. The number of benzene rings is 2. The topological polar surface area (TPSA) is 57.3 Å². The predicted octanol–water partition coefficient (Wildman–Crippen LogP) is 5.71. The van der Waals surface area contributed by atoms with Crippen molar-refractivity contribution in [1.82, 2.24) is 24.8 Å². The number of hydrogen-bond acceptors (Lipinski definition) is 6. The molecule has 1 aliphatic heterocycles. The fourth-order valence-electron chi connectivity index (χ4n) is 4.33. The maximum Gasteiger partial charge on any atom is 0.158 e. The molecule has 8 heteroatoms. The molecule has 5 rings (SSSR count). The Morgan fingerprint density at radius 3 is 2.71 bits per heavy atom. The number of aromatic nitrogens is 3. The predicted molar refractivity (Wildman–Crippen MR) is 145 cm³/mol. The van der Waals surface area contributed by atoms with Crippen molar-refractivity contribution in [3.63, 3.8) is 0 Å². The van der Waals surface area contributed by atoms with Crippen LogP contribution in [0.4, 0.5) is 0 Å². The van der Waals surface area contributed by atoms with Gasteiger partial charge in [0.25, 0.3) is 0 Å². The summed E-state index contributed by atoms with van der Waals surface area (Å²) in [4.78, 5) is 18.2. The lowest BCUT2D eigenvalue weighted by Crippen LogP contribution is -2.43. The van der Waals surface area contributed by atoms with Gasteiger partial charge in [0, 0.05) is 55.1 Å². The van der Waals surface area contributed by atoms with Crippen LogP contribution in [0.25, 0.3) is 22.6 Å². The molecule has 0 radical (unpaired) electrons. The van der Waals surface area contributed by atoms with Crippen molar-refractivity contribution >= 4 is 34.0 Å². The van der Waals surface area contributed by atoms with Crippen LogP contribution >= 0.6 is 22.9 Å². The number of nitrogens with zero attached hydrogens (tertiary/aromatic N) is 4. The molecule has 1 fully saturated rings. The molecule has 0 amide bonds. The highest BCUT2D eigenvalue weighted by Crippen LogP contribution is 2.30. The fourth-order valence-corrected chi connectivity index (χ4v) is 5.33. The van der Waals surface area contributed by atoms with Crippen LogP contribution in [-0.4, -0.2) is 64.6 Å². The van der Waals surface area contributed by atoms with Crippen molar-refractivity contribution in [1.29, 1.82) is 0 Å². The molecule has 35 heavy (non-hydrogen) atoms. The van der Waals surface area contributed by atoms with Crippen molar-refractivity contribution in [2.75, 3.05) is 39.8 Å². The van der Waals surface area contributed by atoms with Gasteiger partial charge in [-0.2, -0.15) is 0 Å². The van der Waals surface area contributed by atoms with Crippen molar-refractivity contribution in [2.24, 2.45) is 5.92 Å². The van der Waals surface area contributed by atoms with Crippen LogP contribution in [-0.2, 0) is 13.0 Å². The second-order valence-electron chi connectivity index (χ2n) is 9.74. The van der Waals surface area contributed by atoms with Gasteiger partial charge in [0.1, 0.15) is 11.4 Å². The summed E-state index contributed by atoms with van der Waals surface area (Å²) in [5, 5.41) is 3.79. The van der Waals surface area contributed by atoms with E-state index in [1.807, 2.05) is 18.2 Å². The first-order valence-electron chi connectivity index (χ1n) is 12.2. The highest BCUT2D eigenvalue weighted by atomic mass is 35.5. The lowest BCUT2D eigenvalue weighted by atomic mass is 10.1. The Labute approximate surface area is 215 Å². The summed E-state index contributed by atoms with van der Waals surface area (Å²) in [6.45, 7) is 10.3. The van der Waals surface area contributed by atoms with Gasteiger partial charge < -0.3 is 14.6 Å². The van der Waals surface area contributed by atoms with Crippen molar-refractivity contribution in [2.45, 2.75) is 26.8 Å². The van der Waals surface area contributed by atoms with Crippen LogP contribution in [0.3, 0.4) is 0 Å². The first-order chi connectivity index (χ1) is 16.9. The van der Waals surface area contributed by atoms with E-state index < -0.39 is 0 Å². The monoisotopic (exact) mass is 509 g/mol. The van der Waals surface area contributed by atoms with Gasteiger partial charge in [-0.1, -0.05) is 37.6 Å². The van der Waals surface area contributed by atoms with Gasteiger partial charge in [-0.25, -0.2) is 9.97 Å². The van der Waals surface area contributed by atoms with Crippen LogP contribution in [0.1, 0.15) is 30.0 Å². The number of hydrogen-bond donors (Lipinski definition) is 1. The molecule has 2 aromatic heterocycles. The molecule has 1 aliphatic rings. The number of para-hydroxylation sites is 1. The third-order valence-corrected chi connectivity index (χ3v) is 7.40. The number of piperazine rings is 1. The summed E-state index contributed by atoms with van der Waals surface area (Å²) in [5.41, 5.74) is 5.28. The van der Waals surface area contributed by atoms with E-state index in [1.165, 1.54) is 5.56 Å². The third-order valence-electron chi connectivity index (χ3n) is 6.32. The van der Waals surface area contributed by atoms with Gasteiger partial charge >= 0.3 is 0 Å². The number of ether oxygens (including phenoxy) is 1. The zero-order valence-electron chi connectivity index (χ0n) is 20.6. The van der Waals surface area contributed by atoms with E-state index in [1.54, 1.807) is 11.3 Å². The Morgan fingerprint density at radius 2 is 1.91 bits per heavy atom. The van der Waals surface area contributed by atoms with E-state index in [0.717, 1.165) is 71.6 Å². The minimum atomic E-state index is 0.458. The second kappa shape index (κ2) is 10.7. The van der Waals surface area contributed by atoms with Gasteiger partial charge in [0.05, 0.1) is 22.6 Å². The van der Waals surface area contributed by atoms with Crippen LogP contribution in [0.5, 0.6) is 5.75 Å². The average molecular weight is 510 g/mol. The van der Waals surface area contributed by atoms with E-state index in [-0.39, 0.29) is 0 Å². The maximum atomic E-state index is 6.29. The number of imidazole rings is 1. The third kappa shape index (κ3) is 5.86. The minimum Gasteiger partial charge on any atom is -0.493 e. The summed E-state index contributed by atoms with van der Waals surface area (Å²) < 4.78 is 6.03. The van der Waals surface area contributed by atoms with E-state index in [2.05, 4.69) is 59.3 Å². The first kappa shape index (κ1) is 24.3. The number of H-pyrrole nitrogens is 1. The molecular formula is C27H32ClN5OS. The van der Waals surface area contributed by atoms with E-state index >= 15 is 0 Å². The van der Waals surface area contributed by atoms with Crippen molar-refractivity contribution in [3.05, 3.63) is 62.9 Å². The second-order valence-corrected chi connectivity index (χ2v) is 11.1. The molecule has 6 nitrogen and oxygen atoms in total. The normalized spacial score (nSPS) is 15.3. The summed E-state index contributed by atoms with van der Waals surface area (Å²) in [5.74, 6) is 2.15. The number of rotatable bonds is 8. The molecule has 0 saturated carbocycles. The molecule has 0 spiro atoms. The van der Waals surface area contributed by atoms with E-state index in [0.29, 0.717) is 24.0 Å². The maximum absolute atomic E-state index is 6.29. The van der Waals surface area contributed by atoms with Crippen LogP contribution in [0, 0.1) is 5.92 Å². The summed E-state index contributed by atoms with van der Waals surface area (Å²) >= 11 is 7.93. The Morgan fingerprint density at radius 1 is 1.09 bits per heavy atom. The van der Waals surface area contributed by atoms with Gasteiger partial charge in [-0.05, 0) is 42.8 Å². The highest BCUT2D eigenvalue weighted by Gasteiger charge is 2.18. The smallest absolute Gasteiger partial charge is 0.158 e. The Balaban J connectivity index is 1.35. The minimum absolute atomic E-state index is 0.458. The molecule has 4 aromatic rings. The first-order valence-corrected chi connectivity index (χ1v) is 13.4. The van der Waals surface area contributed by atoms with Gasteiger partial charge in [-0.15, -0.1) is 11.3 Å². The Hall–Kier alpha value is -2.45. The van der Waals surface area contributed by atoms with E-state index in [4.69, 9.17) is 26.3 Å². The summed E-state index contributed by atoms with van der Waals surface area (Å²) in [6, 6.07) is 12.2. The summed E-state index contributed by atoms with van der Waals surface area (Å²) in [7, 11) is 2.19. The van der Waals surface area contributed by atoms with Gasteiger partial charge in [0.2, 0.25) is 0 Å². The van der Waals surface area contributed by atoms with Crippen molar-refractivity contribution in [3.8, 4) is 17.3 Å². The Bertz CT molecular complexity index is 1290. The number of aromatic amines is 1. The lowest BCUT2D eigenvalue weighted by molar-refractivity contribution is 0.148. The molecule has 0 atom stereocenters. The lowest BCUT2D eigenvalue weighted by Gasteiger charge is -2.32. The highest BCUT2D eigenvalue weighted by molar-refractivity contribution is 7.10. The number of fused-ring (bicyclic) bond motifs is 1. The van der Waals surface area contributed by atoms with Gasteiger partial charge in [0.15, 0.2) is 5.82 Å². The quantitative estimate of drug-likeness (QED) is 0.329. The number of halogens is 1. The standard InChI is InChI=1S/C27H32ClN5OS/c1-18(2)16-34-24-8-7-21(28)13-20(24)14-25-29-23(17-35-25)27-30-22-6-4-5-19(26(22)31-27)15-33-11-9-32(3)10-12-33/h4-8,13,17-18H,9-12,14-16H2,1-3H3,(H,30,31). The number of thiazole rings is 1. The van der Waals surface area contributed by atoms with E-state index in [9.17, 15) is 0 Å². The number of nitrogens with one attached hydrogen (secondary N) is 1. The molecule has 0 bridgehead atoms. The molecule has 1 N–H and O–H groups in total. The molecule has 0 unspecified atom stereocenters. The SMILES string of the molecule is CC(C)COc1ccc(Cl)cc1Cc1nc(-c2nc3c(CN4CCN(C)CC4)cccc3[nH]2)cs1. The number of likely N-dealkylation sites (N-methyl/N-ethyl adjacent to an activating group) is 1. The molecular weight excluding hydrogens is 478 g/mol. The molecule has 2 aromatic carbocycles. The molecule has 3 heterocycles. The zero-order chi connectivity index (χ0) is 24.4. The zero-order valence-corrected chi connectivity index (χ0v) is 22.1. The molecule has 1 saturated heterocycles.